The first-order valence-corrected chi connectivity index (χ1v) is 2.50. The second-order valence-corrected chi connectivity index (χ2v) is 1.62. The van der Waals surface area contributed by atoms with Gasteiger partial charge in [0.05, 0.1) is 0 Å². The standard InChI is InChI=1S/C4H4N4O2/c1-2(9)3(10)4-5-7-8-6-4/h1H3,(H,5,6,7,8). The molecule has 0 bridgehead atoms. The maximum Gasteiger partial charge on any atom is 0.269 e. The Hall–Kier alpha value is -1.59. The van der Waals surface area contributed by atoms with Gasteiger partial charge in [0.1, 0.15) is 0 Å². The minimum absolute atomic E-state index is 0.187. The molecule has 1 heterocycles. The topological polar surface area (TPSA) is 88.6 Å². The second-order valence-electron chi connectivity index (χ2n) is 1.62. The normalized spacial score (nSPS) is 9.30. The number of hydrogen-bond acceptors (Lipinski definition) is 5. The molecule has 0 fully saturated rings. The van der Waals surface area contributed by atoms with Gasteiger partial charge in [-0.25, -0.2) is 0 Å². The third kappa shape index (κ3) is 1.04. The van der Waals surface area contributed by atoms with E-state index in [4.69, 9.17) is 0 Å². The smallest absolute Gasteiger partial charge is 0.269 e. The Morgan fingerprint density at radius 2 is 2.20 bits per heavy atom. The predicted molar refractivity (Wildman–Crippen MR) is 29.2 cm³/mol. The highest BCUT2D eigenvalue weighted by Gasteiger charge is 2.14. The molecule has 0 unspecified atom stereocenters. The number of rotatable bonds is 2. The molecule has 0 atom stereocenters. The Kier molecular flexibility index (Phi) is 1.53. The van der Waals surface area contributed by atoms with Crippen LogP contribution in [0.3, 0.4) is 0 Å². The fraction of sp³-hybridized carbons (Fsp3) is 0.250. The van der Waals surface area contributed by atoms with E-state index in [0.717, 1.165) is 6.92 Å². The van der Waals surface area contributed by atoms with Crippen molar-refractivity contribution in [1.29, 1.82) is 0 Å². The van der Waals surface area contributed by atoms with E-state index in [1.54, 1.807) is 0 Å². The van der Waals surface area contributed by atoms with Crippen LogP contribution in [0.1, 0.15) is 17.5 Å². The van der Waals surface area contributed by atoms with Crippen LogP contribution in [-0.4, -0.2) is 32.2 Å². The molecule has 6 heteroatoms. The molecule has 1 aromatic heterocycles. The summed E-state index contributed by atoms with van der Waals surface area (Å²) in [5, 5.41) is 11.8. The van der Waals surface area contributed by atoms with E-state index in [1.165, 1.54) is 0 Å². The quantitative estimate of drug-likeness (QED) is 0.419. The van der Waals surface area contributed by atoms with Crippen LogP contribution in [0.2, 0.25) is 0 Å². The fourth-order valence-corrected chi connectivity index (χ4v) is 0.415. The van der Waals surface area contributed by atoms with Crippen LogP contribution in [-0.2, 0) is 4.79 Å². The summed E-state index contributed by atoms with van der Waals surface area (Å²) in [6.07, 6.45) is 0. The molecule has 0 radical (unpaired) electrons. The van der Waals surface area contributed by atoms with Gasteiger partial charge in [-0.3, -0.25) is 9.59 Å². The number of tetrazole rings is 1. The van der Waals surface area contributed by atoms with Crippen LogP contribution in [0.4, 0.5) is 0 Å². The highest BCUT2D eigenvalue weighted by molar-refractivity contribution is 6.41. The molecule has 0 aliphatic rings. The molecule has 0 saturated heterocycles. The van der Waals surface area contributed by atoms with E-state index in [-0.39, 0.29) is 5.82 Å². The molecule has 1 N–H and O–H groups in total. The first-order chi connectivity index (χ1) is 4.72. The van der Waals surface area contributed by atoms with Gasteiger partial charge in [-0.05, 0) is 5.21 Å². The summed E-state index contributed by atoms with van der Waals surface area (Å²) in [6, 6.07) is 0. The second kappa shape index (κ2) is 2.34. The first-order valence-electron chi connectivity index (χ1n) is 2.50. The van der Waals surface area contributed by atoms with Crippen molar-refractivity contribution in [3.8, 4) is 0 Å². The van der Waals surface area contributed by atoms with Crippen LogP contribution in [0.25, 0.3) is 0 Å². The van der Waals surface area contributed by atoms with E-state index < -0.39 is 11.6 Å². The largest absolute Gasteiger partial charge is 0.291 e. The van der Waals surface area contributed by atoms with Crippen molar-refractivity contribution >= 4 is 11.6 Å². The van der Waals surface area contributed by atoms with Gasteiger partial charge in [0, 0.05) is 6.92 Å². The number of hydrogen-bond donors (Lipinski definition) is 1. The summed E-state index contributed by atoms with van der Waals surface area (Å²) in [4.78, 5) is 21.0. The van der Waals surface area contributed by atoms with E-state index in [2.05, 4.69) is 20.6 Å². The van der Waals surface area contributed by atoms with Crippen LogP contribution < -0.4 is 0 Å². The molecule has 0 amide bonds. The van der Waals surface area contributed by atoms with E-state index in [0.29, 0.717) is 0 Å². The molecule has 1 aromatic rings. The summed E-state index contributed by atoms with van der Waals surface area (Å²) in [5.41, 5.74) is 0. The third-order valence-electron chi connectivity index (χ3n) is 0.868. The Morgan fingerprint density at radius 3 is 2.60 bits per heavy atom. The fourth-order valence-electron chi connectivity index (χ4n) is 0.415. The van der Waals surface area contributed by atoms with Gasteiger partial charge in [0.2, 0.25) is 11.6 Å². The maximum absolute atomic E-state index is 10.7. The van der Waals surface area contributed by atoms with Crippen LogP contribution in [0, 0.1) is 0 Å². The van der Waals surface area contributed by atoms with Crippen molar-refractivity contribution in [3.05, 3.63) is 5.82 Å². The minimum Gasteiger partial charge on any atom is -0.291 e. The summed E-state index contributed by atoms with van der Waals surface area (Å²) in [6.45, 7) is 1.15. The number of Topliss-reactive ketones (excluding diaryl/α,β-unsaturated/α-hetero) is 2. The molecule has 52 valence electrons. The first kappa shape index (κ1) is 6.53. The SMILES string of the molecule is CC(=O)C(=O)c1nn[nH]n1. The Balaban J connectivity index is 2.88. The molecule has 0 saturated carbocycles. The van der Waals surface area contributed by atoms with E-state index >= 15 is 0 Å². The molecule has 6 nitrogen and oxygen atoms in total. The van der Waals surface area contributed by atoms with Gasteiger partial charge in [0.15, 0.2) is 0 Å². The van der Waals surface area contributed by atoms with Crippen molar-refractivity contribution in [1.82, 2.24) is 20.6 Å². The van der Waals surface area contributed by atoms with Crippen molar-refractivity contribution in [3.63, 3.8) is 0 Å². The molecule has 0 aliphatic carbocycles. The highest BCUT2D eigenvalue weighted by atomic mass is 16.2. The summed E-state index contributed by atoms with van der Waals surface area (Å²) in [7, 11) is 0. The zero-order valence-corrected chi connectivity index (χ0v) is 5.16. The van der Waals surface area contributed by atoms with Crippen molar-refractivity contribution in [2.45, 2.75) is 6.92 Å². The summed E-state index contributed by atoms with van der Waals surface area (Å²) >= 11 is 0. The molecule has 10 heavy (non-hydrogen) atoms. The lowest BCUT2D eigenvalue weighted by Crippen LogP contribution is -2.11. The highest BCUT2D eigenvalue weighted by Crippen LogP contribution is 1.86. The predicted octanol–water partition coefficient (Wildman–Crippen LogP) is -1.03. The molecule has 1 rings (SSSR count). The molecule has 0 spiro atoms. The average Bonchev–Trinajstić information content (AvgIpc) is 2.36. The molecular formula is C4H4N4O2. The number of H-pyrrole nitrogens is 1. The summed E-state index contributed by atoms with van der Waals surface area (Å²) in [5.74, 6) is -1.51. The van der Waals surface area contributed by atoms with Crippen LogP contribution in [0.15, 0.2) is 0 Å². The molecule has 0 aliphatic heterocycles. The third-order valence-corrected chi connectivity index (χ3v) is 0.868. The molecule has 0 aromatic carbocycles. The van der Waals surface area contributed by atoms with Crippen molar-refractivity contribution in [2.24, 2.45) is 0 Å². The number of aromatic amines is 1. The Morgan fingerprint density at radius 1 is 1.50 bits per heavy atom. The lowest BCUT2D eigenvalue weighted by molar-refractivity contribution is -0.113. The van der Waals surface area contributed by atoms with Gasteiger partial charge >= 0.3 is 0 Å². The maximum atomic E-state index is 10.7. The zero-order valence-electron chi connectivity index (χ0n) is 5.16. The minimum atomic E-state index is -0.728. The number of aromatic nitrogens is 4. The number of nitrogens with one attached hydrogen (secondary N) is 1. The van der Waals surface area contributed by atoms with Gasteiger partial charge in [-0.1, -0.05) is 0 Å². The van der Waals surface area contributed by atoms with Gasteiger partial charge in [-0.15, -0.1) is 10.2 Å². The average molecular weight is 140 g/mol. The van der Waals surface area contributed by atoms with Crippen molar-refractivity contribution < 1.29 is 9.59 Å². The molecular weight excluding hydrogens is 136 g/mol. The van der Waals surface area contributed by atoms with Gasteiger partial charge < -0.3 is 0 Å². The van der Waals surface area contributed by atoms with Gasteiger partial charge in [-0.2, -0.15) is 5.21 Å². The monoisotopic (exact) mass is 140 g/mol. The number of nitrogens with zero attached hydrogens (tertiary/aromatic N) is 3. The Labute approximate surface area is 55.6 Å². The number of ketones is 2. The number of carbonyl (C=O) groups excluding carboxylic acids is 2. The van der Waals surface area contributed by atoms with E-state index in [1.807, 2.05) is 0 Å². The lowest BCUT2D eigenvalue weighted by atomic mass is 10.3. The van der Waals surface area contributed by atoms with Crippen LogP contribution >= 0.6 is 0 Å². The van der Waals surface area contributed by atoms with E-state index in [9.17, 15) is 9.59 Å². The zero-order chi connectivity index (χ0) is 7.56. The van der Waals surface area contributed by atoms with Crippen LogP contribution in [0.5, 0.6) is 0 Å². The van der Waals surface area contributed by atoms with Gasteiger partial charge in [0.25, 0.3) is 5.78 Å². The van der Waals surface area contributed by atoms with Crippen molar-refractivity contribution in [2.75, 3.05) is 0 Å². The Bertz CT molecular complexity index is 252. The number of carbonyl (C=O) groups is 2. The lowest BCUT2D eigenvalue weighted by Gasteiger charge is -1.81. The summed E-state index contributed by atoms with van der Waals surface area (Å²) < 4.78 is 0.